The smallest absolute Gasteiger partial charge is 0.177 e. The van der Waals surface area contributed by atoms with Crippen LogP contribution in [0.4, 0.5) is 0 Å². The molecule has 0 aliphatic carbocycles. The molecule has 0 radical (unpaired) electrons. The highest BCUT2D eigenvalue weighted by Gasteiger charge is 2.25. The highest BCUT2D eigenvalue weighted by atomic mass is 16.7. The van der Waals surface area contributed by atoms with E-state index in [1.165, 1.54) is 0 Å². The molecule has 0 aliphatic heterocycles. The maximum absolute atomic E-state index is 12.8. The molecular formula is C20H31NO3. The molecule has 0 aliphatic rings. The fraction of sp³-hybridized carbons (Fsp3) is 0.550. The number of Topliss-reactive ketones (excluding diaryl/α,β-unsaturated/α-hetero) is 1. The molecule has 1 aromatic carbocycles. The van der Waals surface area contributed by atoms with Gasteiger partial charge in [0, 0.05) is 30.7 Å². The van der Waals surface area contributed by atoms with Gasteiger partial charge in [-0.05, 0) is 38.1 Å². The molecule has 0 atom stereocenters. The Labute approximate surface area is 146 Å². The van der Waals surface area contributed by atoms with Crippen molar-refractivity contribution in [3.63, 3.8) is 0 Å². The molecule has 1 aromatic rings. The van der Waals surface area contributed by atoms with Crippen LogP contribution in [0.25, 0.3) is 5.57 Å². The highest BCUT2D eigenvalue weighted by Crippen LogP contribution is 2.27. The molecule has 4 nitrogen and oxygen atoms in total. The summed E-state index contributed by atoms with van der Waals surface area (Å²) in [6.45, 7) is 11.5. The largest absolute Gasteiger partial charge is 0.349 e. The van der Waals surface area contributed by atoms with Gasteiger partial charge in [0.05, 0.1) is 0 Å². The van der Waals surface area contributed by atoms with Crippen molar-refractivity contribution in [2.75, 3.05) is 26.8 Å². The molecular weight excluding hydrogens is 302 g/mol. The number of ketones is 1. The molecule has 0 unspecified atom stereocenters. The number of ether oxygens (including phenoxy) is 2. The fourth-order valence-corrected chi connectivity index (χ4v) is 2.44. The van der Waals surface area contributed by atoms with Gasteiger partial charge < -0.3 is 14.8 Å². The van der Waals surface area contributed by atoms with Crippen molar-refractivity contribution in [2.24, 2.45) is 5.41 Å². The van der Waals surface area contributed by atoms with Gasteiger partial charge in [-0.15, -0.1) is 0 Å². The quantitative estimate of drug-likeness (QED) is 0.550. The fourth-order valence-electron chi connectivity index (χ4n) is 2.44. The second-order valence-electron chi connectivity index (χ2n) is 6.63. The van der Waals surface area contributed by atoms with Crippen LogP contribution in [0.15, 0.2) is 30.3 Å². The van der Waals surface area contributed by atoms with Gasteiger partial charge in [0.25, 0.3) is 0 Å². The standard InChI is InChI=1S/C20H31NO3/c1-7-23-18(24-8-2)13-15(14-21-6)16-11-9-10-12-17(16)19(22)20(3,4)5/h9-13,18,21H,7-8,14H2,1-6H3/b15-13+. The highest BCUT2D eigenvalue weighted by molar-refractivity contribution is 6.03. The predicted molar refractivity (Wildman–Crippen MR) is 99.2 cm³/mol. The molecule has 0 spiro atoms. The second kappa shape index (κ2) is 9.72. The van der Waals surface area contributed by atoms with E-state index in [2.05, 4.69) is 5.32 Å². The van der Waals surface area contributed by atoms with E-state index in [1.807, 2.05) is 72.0 Å². The second-order valence-corrected chi connectivity index (χ2v) is 6.63. The van der Waals surface area contributed by atoms with Crippen molar-refractivity contribution >= 4 is 11.4 Å². The number of hydrogen-bond acceptors (Lipinski definition) is 4. The Morgan fingerprint density at radius 2 is 1.67 bits per heavy atom. The van der Waals surface area contributed by atoms with Gasteiger partial charge in [-0.2, -0.15) is 0 Å². The number of hydrogen-bond donors (Lipinski definition) is 1. The zero-order valence-corrected chi connectivity index (χ0v) is 15.8. The molecule has 0 fully saturated rings. The zero-order valence-electron chi connectivity index (χ0n) is 15.8. The third kappa shape index (κ3) is 5.86. The van der Waals surface area contributed by atoms with E-state index in [9.17, 15) is 4.79 Å². The summed E-state index contributed by atoms with van der Waals surface area (Å²) in [7, 11) is 1.89. The average Bonchev–Trinajstić information content (AvgIpc) is 2.53. The predicted octanol–water partition coefficient (Wildman–Crippen LogP) is 3.92. The van der Waals surface area contributed by atoms with Crippen LogP contribution < -0.4 is 5.32 Å². The number of carbonyl (C=O) groups is 1. The molecule has 24 heavy (non-hydrogen) atoms. The first-order valence-corrected chi connectivity index (χ1v) is 8.57. The van der Waals surface area contributed by atoms with E-state index in [0.717, 1.165) is 16.7 Å². The number of benzene rings is 1. The third-order valence-electron chi connectivity index (χ3n) is 3.57. The van der Waals surface area contributed by atoms with Gasteiger partial charge in [-0.1, -0.05) is 45.0 Å². The summed E-state index contributed by atoms with van der Waals surface area (Å²) < 4.78 is 11.3. The Kier molecular flexibility index (Phi) is 8.32. The first-order valence-electron chi connectivity index (χ1n) is 8.57. The summed E-state index contributed by atoms with van der Waals surface area (Å²) in [6.07, 6.45) is 1.54. The summed E-state index contributed by atoms with van der Waals surface area (Å²) in [4.78, 5) is 12.8. The lowest BCUT2D eigenvalue weighted by Crippen LogP contribution is -2.23. The summed E-state index contributed by atoms with van der Waals surface area (Å²) in [5.41, 5.74) is 2.23. The minimum atomic E-state index is -0.430. The van der Waals surface area contributed by atoms with E-state index in [4.69, 9.17) is 9.47 Å². The van der Waals surface area contributed by atoms with E-state index in [0.29, 0.717) is 19.8 Å². The van der Waals surface area contributed by atoms with E-state index in [-0.39, 0.29) is 5.78 Å². The van der Waals surface area contributed by atoms with Crippen LogP contribution in [-0.4, -0.2) is 38.9 Å². The molecule has 0 amide bonds. The number of nitrogens with one attached hydrogen (secondary N) is 1. The topological polar surface area (TPSA) is 47.6 Å². The summed E-state index contributed by atoms with van der Waals surface area (Å²) in [6, 6.07) is 7.73. The Bertz CT molecular complexity index is 552. The van der Waals surface area contributed by atoms with Crippen molar-refractivity contribution in [3.05, 3.63) is 41.5 Å². The average molecular weight is 333 g/mol. The van der Waals surface area contributed by atoms with E-state index in [1.54, 1.807) is 0 Å². The van der Waals surface area contributed by atoms with Crippen molar-refractivity contribution in [3.8, 4) is 0 Å². The molecule has 0 saturated carbocycles. The van der Waals surface area contributed by atoms with Gasteiger partial charge in [0.15, 0.2) is 12.1 Å². The van der Waals surface area contributed by atoms with Crippen molar-refractivity contribution < 1.29 is 14.3 Å². The van der Waals surface area contributed by atoms with Crippen molar-refractivity contribution in [1.82, 2.24) is 5.32 Å². The van der Waals surface area contributed by atoms with Crippen molar-refractivity contribution in [1.29, 1.82) is 0 Å². The van der Waals surface area contributed by atoms with Gasteiger partial charge in [-0.25, -0.2) is 0 Å². The molecule has 4 heteroatoms. The van der Waals surface area contributed by atoms with Gasteiger partial charge in [0.2, 0.25) is 0 Å². The monoisotopic (exact) mass is 333 g/mol. The minimum absolute atomic E-state index is 0.129. The van der Waals surface area contributed by atoms with Crippen LogP contribution in [0.3, 0.4) is 0 Å². The summed E-state index contributed by atoms with van der Waals surface area (Å²) >= 11 is 0. The van der Waals surface area contributed by atoms with Crippen LogP contribution in [0.2, 0.25) is 0 Å². The zero-order chi connectivity index (χ0) is 18.2. The van der Waals surface area contributed by atoms with Gasteiger partial charge >= 0.3 is 0 Å². The summed E-state index contributed by atoms with van der Waals surface area (Å²) in [5.74, 6) is 0.129. The normalized spacial score (nSPS) is 12.7. The van der Waals surface area contributed by atoms with Gasteiger partial charge in [0.1, 0.15) is 0 Å². The molecule has 0 heterocycles. The lowest BCUT2D eigenvalue weighted by atomic mass is 9.83. The molecule has 0 bridgehead atoms. The Balaban J connectivity index is 3.33. The van der Waals surface area contributed by atoms with Crippen molar-refractivity contribution in [2.45, 2.75) is 40.9 Å². The van der Waals surface area contributed by atoms with Crippen LogP contribution in [0, 0.1) is 5.41 Å². The van der Waals surface area contributed by atoms with Crippen LogP contribution >= 0.6 is 0 Å². The van der Waals surface area contributed by atoms with E-state index >= 15 is 0 Å². The van der Waals surface area contributed by atoms with Gasteiger partial charge in [-0.3, -0.25) is 4.79 Å². The number of carbonyl (C=O) groups excluding carboxylic acids is 1. The molecule has 1 rings (SSSR count). The maximum Gasteiger partial charge on any atom is 0.177 e. The summed E-state index contributed by atoms with van der Waals surface area (Å²) in [5, 5.41) is 3.17. The van der Waals surface area contributed by atoms with Crippen LogP contribution in [0.1, 0.15) is 50.5 Å². The first kappa shape index (κ1) is 20.6. The molecule has 0 saturated heterocycles. The number of likely N-dealkylation sites (N-methyl/N-ethyl adjacent to an activating group) is 1. The molecule has 0 aromatic heterocycles. The lowest BCUT2D eigenvalue weighted by Gasteiger charge is -2.21. The maximum atomic E-state index is 12.8. The van der Waals surface area contributed by atoms with Crippen LogP contribution in [-0.2, 0) is 9.47 Å². The minimum Gasteiger partial charge on any atom is -0.349 e. The van der Waals surface area contributed by atoms with E-state index < -0.39 is 11.7 Å². The lowest BCUT2D eigenvalue weighted by molar-refractivity contribution is -0.103. The Morgan fingerprint density at radius 1 is 1.12 bits per heavy atom. The Hall–Kier alpha value is -1.49. The van der Waals surface area contributed by atoms with Crippen LogP contribution in [0.5, 0.6) is 0 Å². The Morgan fingerprint density at radius 3 is 2.12 bits per heavy atom. The molecule has 1 N–H and O–H groups in total. The third-order valence-corrected chi connectivity index (χ3v) is 3.57. The first-order chi connectivity index (χ1) is 11.3. The molecule has 134 valence electrons. The SMILES string of the molecule is CCOC(/C=C(\CNC)c1ccccc1C(=O)C(C)(C)C)OCC. The number of rotatable bonds is 9.